The molecule has 0 aromatic heterocycles. The standard InChI is InChI=1S/C18H32N6O6.2ClH/c19-7-11-21-9-3-1-5-13(17(27)28)23-15(25)16(26)24-14(18(29)30)6-2-4-10-22-12-8-20;;/h7-8,13-14,19-22H,1-6,9-12H2,(H,23,25)(H,24,26)(H,27,28)(H,29,30);2*1H. The summed E-state index contributed by atoms with van der Waals surface area (Å²) in [5, 5.41) is 42.3. The minimum absolute atomic E-state index is 0. The van der Waals surface area contributed by atoms with E-state index in [0.717, 1.165) is 0 Å². The zero-order valence-corrected chi connectivity index (χ0v) is 19.4. The first-order chi connectivity index (χ1) is 14.3. The maximum atomic E-state index is 12.0. The average Bonchev–Trinajstić information content (AvgIpc) is 2.70. The highest BCUT2D eigenvalue weighted by atomic mass is 35.5. The summed E-state index contributed by atoms with van der Waals surface area (Å²) in [5.74, 6) is -4.95. The molecule has 32 heavy (non-hydrogen) atoms. The Morgan fingerprint density at radius 1 is 0.688 bits per heavy atom. The van der Waals surface area contributed by atoms with Crippen LogP contribution < -0.4 is 21.3 Å². The molecule has 0 heterocycles. The third kappa shape index (κ3) is 17.4. The molecule has 8 N–H and O–H groups in total. The summed E-state index contributed by atoms with van der Waals surface area (Å²) in [6.45, 7) is 2.02. The second-order valence-electron chi connectivity index (χ2n) is 6.54. The lowest BCUT2D eigenvalue weighted by molar-refractivity contribution is -0.147. The number of halogens is 2. The topological polar surface area (TPSA) is 205 Å². The van der Waals surface area contributed by atoms with Crippen molar-refractivity contribution in [1.82, 2.24) is 21.3 Å². The van der Waals surface area contributed by atoms with Crippen LogP contribution in [0.15, 0.2) is 0 Å². The lowest BCUT2D eigenvalue weighted by atomic mass is 10.1. The van der Waals surface area contributed by atoms with Crippen LogP contribution in [0.2, 0.25) is 0 Å². The molecule has 0 radical (unpaired) electrons. The third-order valence-corrected chi connectivity index (χ3v) is 4.10. The fraction of sp³-hybridized carbons (Fsp3) is 0.667. The Bertz CT molecular complexity index is 546. The van der Waals surface area contributed by atoms with E-state index in [0.29, 0.717) is 51.9 Å². The highest BCUT2D eigenvalue weighted by Gasteiger charge is 2.27. The van der Waals surface area contributed by atoms with Crippen LogP contribution in [-0.2, 0) is 19.2 Å². The van der Waals surface area contributed by atoms with Crippen LogP contribution in [0.4, 0.5) is 0 Å². The molecule has 0 saturated heterocycles. The number of unbranched alkanes of at least 4 members (excludes halogenated alkanes) is 2. The Kier molecular flexibility index (Phi) is 23.5. The van der Waals surface area contributed by atoms with Crippen molar-refractivity contribution in [3.05, 3.63) is 0 Å². The summed E-state index contributed by atoms with van der Waals surface area (Å²) in [4.78, 5) is 46.6. The van der Waals surface area contributed by atoms with Crippen molar-refractivity contribution in [1.29, 1.82) is 10.8 Å². The zero-order chi connectivity index (χ0) is 22.8. The molecule has 0 aliphatic heterocycles. The molecule has 0 aromatic rings. The summed E-state index contributed by atoms with van der Waals surface area (Å²) in [5.41, 5.74) is 0. The summed E-state index contributed by atoms with van der Waals surface area (Å²) >= 11 is 0. The predicted octanol–water partition coefficient (Wildman–Crippen LogP) is -0.212. The van der Waals surface area contributed by atoms with Crippen molar-refractivity contribution < 1.29 is 29.4 Å². The van der Waals surface area contributed by atoms with Gasteiger partial charge in [-0.1, -0.05) is 0 Å². The number of aliphatic carboxylic acids is 2. The van der Waals surface area contributed by atoms with E-state index in [4.69, 9.17) is 10.8 Å². The number of hydrogen-bond acceptors (Lipinski definition) is 8. The third-order valence-electron chi connectivity index (χ3n) is 4.10. The number of carbonyl (C=O) groups excluding carboxylic acids is 2. The second-order valence-corrected chi connectivity index (χ2v) is 6.54. The zero-order valence-electron chi connectivity index (χ0n) is 17.7. The molecule has 0 aromatic carbocycles. The van der Waals surface area contributed by atoms with Gasteiger partial charge < -0.3 is 42.3 Å². The van der Waals surface area contributed by atoms with Gasteiger partial charge in [0.05, 0.1) is 0 Å². The van der Waals surface area contributed by atoms with Crippen LogP contribution in [-0.4, -0.2) is 84.7 Å². The first-order valence-corrected chi connectivity index (χ1v) is 9.79. The summed E-state index contributed by atoms with van der Waals surface area (Å²) in [6.07, 6.45) is 4.88. The van der Waals surface area contributed by atoms with Crippen LogP contribution in [0, 0.1) is 10.8 Å². The predicted molar refractivity (Wildman–Crippen MR) is 125 cm³/mol. The van der Waals surface area contributed by atoms with E-state index < -0.39 is 35.8 Å². The normalized spacial score (nSPS) is 11.6. The highest BCUT2D eigenvalue weighted by Crippen LogP contribution is 2.03. The van der Waals surface area contributed by atoms with Gasteiger partial charge in [0, 0.05) is 25.5 Å². The average molecular weight is 501 g/mol. The number of rotatable bonds is 18. The lowest BCUT2D eigenvalue weighted by Gasteiger charge is -2.17. The van der Waals surface area contributed by atoms with Crippen LogP contribution in [0.5, 0.6) is 0 Å². The number of amides is 2. The molecule has 12 nitrogen and oxygen atoms in total. The van der Waals surface area contributed by atoms with Gasteiger partial charge in [-0.05, 0) is 51.6 Å². The Hall–Kier alpha value is -2.28. The fourth-order valence-corrected chi connectivity index (χ4v) is 2.51. The van der Waals surface area contributed by atoms with Gasteiger partial charge >= 0.3 is 23.8 Å². The highest BCUT2D eigenvalue weighted by molar-refractivity contribution is 6.35. The van der Waals surface area contributed by atoms with E-state index in [1.165, 1.54) is 12.4 Å². The van der Waals surface area contributed by atoms with Gasteiger partial charge in [-0.15, -0.1) is 24.8 Å². The summed E-state index contributed by atoms with van der Waals surface area (Å²) in [6, 6.07) is -2.51. The number of carboxylic acids is 2. The first kappa shape index (κ1) is 34.3. The lowest BCUT2D eigenvalue weighted by Crippen LogP contribution is -2.51. The molecular formula is C18H34Cl2N6O6. The summed E-state index contributed by atoms with van der Waals surface area (Å²) < 4.78 is 0. The van der Waals surface area contributed by atoms with Crippen LogP contribution in [0.1, 0.15) is 38.5 Å². The number of carbonyl (C=O) groups is 4. The van der Waals surface area contributed by atoms with Crippen molar-refractivity contribution >= 4 is 61.0 Å². The van der Waals surface area contributed by atoms with E-state index in [1.54, 1.807) is 0 Å². The van der Waals surface area contributed by atoms with Crippen LogP contribution >= 0.6 is 24.8 Å². The molecule has 14 heteroatoms. The Morgan fingerprint density at radius 3 is 1.31 bits per heavy atom. The van der Waals surface area contributed by atoms with Gasteiger partial charge in [0.1, 0.15) is 12.1 Å². The van der Waals surface area contributed by atoms with Crippen molar-refractivity contribution in [3.63, 3.8) is 0 Å². The van der Waals surface area contributed by atoms with Crippen molar-refractivity contribution in [2.24, 2.45) is 0 Å². The van der Waals surface area contributed by atoms with E-state index in [1.807, 2.05) is 0 Å². The van der Waals surface area contributed by atoms with Crippen molar-refractivity contribution in [2.75, 3.05) is 26.2 Å². The molecule has 0 aliphatic rings. The van der Waals surface area contributed by atoms with Gasteiger partial charge in [-0.3, -0.25) is 9.59 Å². The van der Waals surface area contributed by atoms with E-state index in [2.05, 4.69) is 21.3 Å². The van der Waals surface area contributed by atoms with E-state index in [9.17, 15) is 29.4 Å². The van der Waals surface area contributed by atoms with E-state index >= 15 is 0 Å². The van der Waals surface area contributed by atoms with Crippen molar-refractivity contribution in [2.45, 2.75) is 50.6 Å². The van der Waals surface area contributed by atoms with Gasteiger partial charge in [0.15, 0.2) is 0 Å². The maximum Gasteiger partial charge on any atom is 0.326 e. The van der Waals surface area contributed by atoms with Crippen LogP contribution in [0.25, 0.3) is 0 Å². The molecule has 186 valence electrons. The number of nitrogens with one attached hydrogen (secondary N) is 6. The minimum atomic E-state index is -1.28. The monoisotopic (exact) mass is 500 g/mol. The number of hydrogen-bond donors (Lipinski definition) is 8. The molecule has 0 aliphatic carbocycles. The Balaban J connectivity index is -0.00000420. The molecule has 2 amide bonds. The quantitative estimate of drug-likeness (QED) is 0.0715. The molecule has 0 saturated carbocycles. The van der Waals surface area contributed by atoms with Gasteiger partial charge in [0.2, 0.25) is 0 Å². The molecule has 0 fully saturated rings. The van der Waals surface area contributed by atoms with Gasteiger partial charge in [-0.2, -0.15) is 0 Å². The molecule has 2 atom stereocenters. The summed E-state index contributed by atoms with van der Waals surface area (Å²) in [7, 11) is 0. The molecule has 0 bridgehead atoms. The maximum absolute atomic E-state index is 12.0. The SMILES string of the molecule is Cl.Cl.N=CCNCCCCC(NC(=O)C(=O)NC(CCCCNCC=N)C(=O)O)C(=O)O. The van der Waals surface area contributed by atoms with Crippen LogP contribution in [0.3, 0.4) is 0 Å². The van der Waals surface area contributed by atoms with Gasteiger partial charge in [-0.25, -0.2) is 9.59 Å². The second kappa shape index (κ2) is 21.9. The molecule has 0 rings (SSSR count). The first-order valence-electron chi connectivity index (χ1n) is 9.79. The van der Waals surface area contributed by atoms with E-state index in [-0.39, 0.29) is 37.7 Å². The Morgan fingerprint density at radius 2 is 1.03 bits per heavy atom. The smallest absolute Gasteiger partial charge is 0.326 e. The largest absolute Gasteiger partial charge is 0.480 e. The Labute approximate surface area is 199 Å². The molecule has 0 spiro atoms. The fourth-order valence-electron chi connectivity index (χ4n) is 2.51. The molecule has 2 unspecified atom stereocenters. The van der Waals surface area contributed by atoms with Gasteiger partial charge in [0.25, 0.3) is 0 Å². The minimum Gasteiger partial charge on any atom is -0.480 e. The van der Waals surface area contributed by atoms with Crippen molar-refractivity contribution in [3.8, 4) is 0 Å². The number of carboxylic acid groups (broad SMARTS) is 2. The molecular weight excluding hydrogens is 467 g/mol.